The molecule has 0 aliphatic heterocycles. The number of thiazole rings is 1. The summed E-state index contributed by atoms with van der Waals surface area (Å²) in [7, 11) is 0. The Morgan fingerprint density at radius 2 is 1.72 bits per heavy atom. The number of fused-ring (bicyclic) bond motifs is 1. The van der Waals surface area contributed by atoms with Gasteiger partial charge < -0.3 is 5.32 Å². The summed E-state index contributed by atoms with van der Waals surface area (Å²) in [6.45, 7) is 4.47. The largest absolute Gasteiger partial charge is 0.332 e. The molecule has 0 spiro atoms. The van der Waals surface area contributed by atoms with E-state index in [2.05, 4.69) is 64.6 Å². The van der Waals surface area contributed by atoms with Gasteiger partial charge in [-0.2, -0.15) is 5.10 Å². The van der Waals surface area contributed by atoms with Crippen LogP contribution in [-0.2, 0) is 0 Å². The van der Waals surface area contributed by atoms with Gasteiger partial charge in [0.05, 0.1) is 16.3 Å². The first-order chi connectivity index (χ1) is 13.3. The van der Waals surface area contributed by atoms with E-state index in [0.29, 0.717) is 5.92 Å². The zero-order valence-corrected chi connectivity index (χ0v) is 16.4. The van der Waals surface area contributed by atoms with Crippen molar-refractivity contribution in [2.75, 3.05) is 5.32 Å². The van der Waals surface area contributed by atoms with Crippen LogP contribution < -0.4 is 5.32 Å². The van der Waals surface area contributed by atoms with Crippen LogP contribution in [0.15, 0.2) is 61.2 Å². The fourth-order valence-electron chi connectivity index (χ4n) is 3.55. The van der Waals surface area contributed by atoms with Gasteiger partial charge in [0.15, 0.2) is 5.13 Å². The molecule has 0 radical (unpaired) electrons. The highest BCUT2D eigenvalue weighted by Gasteiger charge is 2.23. The number of anilines is 2. The summed E-state index contributed by atoms with van der Waals surface area (Å²) in [5.74, 6) is 0.523. The molecule has 154 valence electrons. The van der Waals surface area contributed by atoms with E-state index in [1.54, 1.807) is 17.7 Å². The van der Waals surface area contributed by atoms with Gasteiger partial charge >= 0.3 is 0 Å². The van der Waals surface area contributed by atoms with E-state index in [1.165, 1.54) is 10.3 Å². The predicted molar refractivity (Wildman–Crippen MR) is 125 cm³/mol. The topological polar surface area (TPSA) is 55.6 Å². The first-order valence-corrected chi connectivity index (χ1v) is 10.2. The monoisotopic (exact) mass is 409 g/mol. The minimum atomic E-state index is 0. The lowest BCUT2D eigenvalue weighted by Gasteiger charge is -2.26. The zero-order chi connectivity index (χ0) is 18.6. The van der Waals surface area contributed by atoms with E-state index in [1.807, 2.05) is 29.2 Å². The molecule has 0 saturated heterocycles. The molecular weight excluding hydrogens is 378 g/mol. The second-order valence-electron chi connectivity index (χ2n) is 6.63. The summed E-state index contributed by atoms with van der Waals surface area (Å²) in [4.78, 5) is 8.79. The first kappa shape index (κ1) is 22.6. The molecule has 0 amide bonds. The van der Waals surface area contributed by atoms with Gasteiger partial charge in [-0.05, 0) is 35.7 Å². The van der Waals surface area contributed by atoms with Crippen molar-refractivity contribution >= 4 is 32.4 Å². The minimum absolute atomic E-state index is 0. The van der Waals surface area contributed by atoms with Crippen molar-refractivity contribution in [1.82, 2.24) is 19.7 Å². The molecule has 5 nitrogen and oxygen atoms in total. The van der Waals surface area contributed by atoms with Crippen molar-refractivity contribution < 1.29 is 0 Å². The fraction of sp³-hybridized carbons (Fsp3) is 0.348. The van der Waals surface area contributed by atoms with Gasteiger partial charge in [0.2, 0.25) is 0 Å². The van der Waals surface area contributed by atoms with Crippen LogP contribution in [0, 0.1) is 5.92 Å². The number of nitrogens with one attached hydrogen (secondary N) is 1. The molecule has 0 aliphatic rings. The Morgan fingerprint density at radius 1 is 1.00 bits per heavy atom. The maximum atomic E-state index is 4.65. The van der Waals surface area contributed by atoms with Crippen LogP contribution >= 0.6 is 11.3 Å². The van der Waals surface area contributed by atoms with Crippen molar-refractivity contribution in [3.63, 3.8) is 0 Å². The summed E-state index contributed by atoms with van der Waals surface area (Å²) < 4.78 is 3.17. The summed E-state index contributed by atoms with van der Waals surface area (Å²) in [5, 5.41) is 8.74. The van der Waals surface area contributed by atoms with Crippen LogP contribution in [0.3, 0.4) is 0 Å². The van der Waals surface area contributed by atoms with Gasteiger partial charge in [-0.1, -0.05) is 77.1 Å². The van der Waals surface area contributed by atoms with Crippen LogP contribution in [0.25, 0.3) is 10.2 Å². The highest BCUT2D eigenvalue weighted by Crippen LogP contribution is 2.32. The molecule has 4 aromatic rings. The summed E-state index contributed by atoms with van der Waals surface area (Å²) in [6.07, 6.45) is 5.63. The maximum absolute atomic E-state index is 4.65. The van der Waals surface area contributed by atoms with Gasteiger partial charge in [-0.25, -0.2) is 14.6 Å². The molecule has 1 atom stereocenters. The highest BCUT2D eigenvalue weighted by atomic mass is 32.1. The summed E-state index contributed by atoms with van der Waals surface area (Å²) in [5.41, 5.74) is 3.32. The van der Waals surface area contributed by atoms with Gasteiger partial charge in [0.25, 0.3) is 0 Å². The number of nitrogens with zero attached hydrogens (tertiary/aromatic N) is 4. The molecule has 0 saturated carbocycles. The predicted octanol–water partition coefficient (Wildman–Crippen LogP) is 6.93. The number of aromatic nitrogens is 4. The molecule has 0 bridgehead atoms. The smallest absolute Gasteiger partial charge is 0.188 e. The highest BCUT2D eigenvalue weighted by molar-refractivity contribution is 7.22. The average Bonchev–Trinajstić information content (AvgIpc) is 3.36. The summed E-state index contributed by atoms with van der Waals surface area (Å²) in [6, 6.07) is 17.0. The number of para-hydroxylation sites is 1. The van der Waals surface area contributed by atoms with Crippen molar-refractivity contribution in [3.8, 4) is 0 Å². The van der Waals surface area contributed by atoms with E-state index in [-0.39, 0.29) is 20.9 Å². The molecule has 1 unspecified atom stereocenters. The maximum Gasteiger partial charge on any atom is 0.188 e. The number of rotatable bonds is 7. The van der Waals surface area contributed by atoms with Gasteiger partial charge in [-0.15, -0.1) is 0 Å². The number of hydrogen-bond donors (Lipinski definition) is 1. The molecule has 1 N–H and O–H groups in total. The lowest BCUT2D eigenvalue weighted by atomic mass is 9.89. The molecule has 29 heavy (non-hydrogen) atoms. The number of hydrogen-bond acceptors (Lipinski definition) is 5. The van der Waals surface area contributed by atoms with Crippen molar-refractivity contribution in [3.05, 3.63) is 66.7 Å². The Hall–Kier alpha value is -2.73. The summed E-state index contributed by atoms with van der Waals surface area (Å²) >= 11 is 1.67. The van der Waals surface area contributed by atoms with Crippen LogP contribution in [0.4, 0.5) is 10.8 Å². The fourth-order valence-corrected chi connectivity index (χ4v) is 4.44. The lowest BCUT2D eigenvalue weighted by molar-refractivity contribution is 0.332. The lowest BCUT2D eigenvalue weighted by Crippen LogP contribution is -2.20. The van der Waals surface area contributed by atoms with Crippen LogP contribution in [0.5, 0.6) is 0 Å². The molecule has 2 heterocycles. The minimum Gasteiger partial charge on any atom is -0.332 e. The van der Waals surface area contributed by atoms with Crippen LogP contribution in [-0.4, -0.2) is 19.7 Å². The van der Waals surface area contributed by atoms with E-state index in [0.717, 1.165) is 29.2 Å². The molecule has 2 aromatic carbocycles. The Labute approximate surface area is 177 Å². The van der Waals surface area contributed by atoms with Gasteiger partial charge in [0.1, 0.15) is 12.7 Å². The van der Waals surface area contributed by atoms with Crippen molar-refractivity contribution in [2.24, 2.45) is 5.92 Å². The molecule has 2 aromatic heterocycles. The van der Waals surface area contributed by atoms with Gasteiger partial charge in [0, 0.05) is 5.69 Å². The molecule has 0 fully saturated rings. The van der Waals surface area contributed by atoms with Crippen LogP contribution in [0.2, 0.25) is 0 Å². The molecular formula is C23H31N5S. The SMILES string of the molecule is C.C.CCC(CC)C(c1ccc(Nc2nc3ccccc3s2)cc1)n1cncn1. The quantitative estimate of drug-likeness (QED) is 0.359. The van der Waals surface area contributed by atoms with E-state index < -0.39 is 0 Å². The Balaban J connectivity index is 0.00000150. The molecule has 4 rings (SSSR count). The van der Waals surface area contributed by atoms with E-state index in [4.69, 9.17) is 0 Å². The third-order valence-electron chi connectivity index (χ3n) is 5.01. The number of benzene rings is 2. The van der Waals surface area contributed by atoms with E-state index in [9.17, 15) is 0 Å². The average molecular weight is 410 g/mol. The zero-order valence-electron chi connectivity index (χ0n) is 15.5. The Bertz CT molecular complexity index is 955. The Morgan fingerprint density at radius 3 is 2.34 bits per heavy atom. The second-order valence-corrected chi connectivity index (χ2v) is 7.66. The normalized spacial score (nSPS) is 11.7. The van der Waals surface area contributed by atoms with Gasteiger partial charge in [-0.3, -0.25) is 0 Å². The Kier molecular flexibility index (Phi) is 7.91. The third-order valence-corrected chi connectivity index (χ3v) is 5.97. The first-order valence-electron chi connectivity index (χ1n) is 9.35. The standard InChI is InChI=1S/C21H23N5S.2CH4/c1-3-15(4-2)20(26-14-22-13-23-26)16-9-11-17(12-10-16)24-21-25-18-7-5-6-8-19(18)27-21;;/h5-15,20H,3-4H2,1-2H3,(H,24,25);2*1H4. The second kappa shape index (κ2) is 10.2. The van der Waals surface area contributed by atoms with Crippen molar-refractivity contribution in [1.29, 1.82) is 0 Å². The molecule has 6 heteroatoms. The van der Waals surface area contributed by atoms with Crippen molar-refractivity contribution in [2.45, 2.75) is 47.6 Å². The van der Waals surface area contributed by atoms with E-state index >= 15 is 0 Å². The van der Waals surface area contributed by atoms with Crippen LogP contribution in [0.1, 0.15) is 53.1 Å². The molecule has 0 aliphatic carbocycles. The third kappa shape index (κ3) is 4.82.